The van der Waals surface area contributed by atoms with Crippen molar-refractivity contribution in [1.29, 1.82) is 0 Å². The molecule has 0 aliphatic heterocycles. The quantitative estimate of drug-likeness (QED) is 0.113. The number of aryl methyl sites for hydroxylation is 2. The molecular weight excluding hydrogens is 1590 g/mol. The summed E-state index contributed by atoms with van der Waals surface area (Å²) in [4.78, 5) is 4.83. The SMILES string of the molecule is Cc1ccc2c(-c3ccc4c(c3)C(C)(C)c3ccccc3-4)c3ccccc3c(-c3cccc4c(N(c5ccccc5)c5ccc(-n6c7ccccc7c7ccccc76)cc5)cccc34)c2c1.Cc1ccc2c(-c3cccc4c(N(c5ccccc5)c5ccc(-n6c7ccccc7c7ccccc76)cc5)cccc34)c3ccccc3c(-c3ccc4c(c3)C(C)(C)c3ccccc3-4)c2c1. The first kappa shape index (κ1) is 77.9. The maximum absolute atomic E-state index is 2.48. The van der Waals surface area contributed by atoms with Crippen LogP contribution < -0.4 is 9.80 Å². The highest BCUT2D eigenvalue weighted by Gasteiger charge is 2.38. The number of aromatic nitrogens is 2. The molecule has 0 N–H and O–H groups in total. The van der Waals surface area contributed by atoms with Crippen molar-refractivity contribution in [2.24, 2.45) is 0 Å². The van der Waals surface area contributed by atoms with Crippen LogP contribution in [0.5, 0.6) is 0 Å². The number of benzene rings is 22. The van der Waals surface area contributed by atoms with Gasteiger partial charge in [0.1, 0.15) is 0 Å². The molecule has 22 aromatic carbocycles. The van der Waals surface area contributed by atoms with E-state index in [2.05, 4.69) is 509 Å². The third-order valence-corrected chi connectivity index (χ3v) is 28.8. The lowest BCUT2D eigenvalue weighted by Crippen LogP contribution is -2.14. The van der Waals surface area contributed by atoms with Crippen LogP contribution >= 0.6 is 0 Å². The Balaban J connectivity index is 0.000000142. The van der Waals surface area contributed by atoms with Crippen LogP contribution in [-0.2, 0) is 10.8 Å². The average Bonchev–Trinajstić information content (AvgIpc) is 1.05. The van der Waals surface area contributed by atoms with Crippen molar-refractivity contribution in [2.45, 2.75) is 52.4 Å². The molecule has 0 amide bonds. The van der Waals surface area contributed by atoms with Crippen molar-refractivity contribution in [3.05, 3.63) is 482 Å². The van der Waals surface area contributed by atoms with E-state index in [0.717, 1.165) is 45.5 Å². The molecule has 2 aromatic heterocycles. The minimum absolute atomic E-state index is 0.0905. The van der Waals surface area contributed by atoms with Crippen LogP contribution in [-0.4, -0.2) is 9.13 Å². The van der Waals surface area contributed by atoms with Crippen LogP contribution in [0.2, 0.25) is 0 Å². The normalized spacial score (nSPS) is 12.9. The van der Waals surface area contributed by atoms with Crippen LogP contribution in [0, 0.1) is 13.8 Å². The molecule has 4 nitrogen and oxygen atoms in total. The minimum Gasteiger partial charge on any atom is -0.310 e. The van der Waals surface area contributed by atoms with Gasteiger partial charge in [-0.3, -0.25) is 0 Å². The van der Waals surface area contributed by atoms with Crippen molar-refractivity contribution in [2.75, 3.05) is 9.80 Å². The van der Waals surface area contributed by atoms with E-state index in [9.17, 15) is 0 Å². The summed E-state index contributed by atoms with van der Waals surface area (Å²) in [7, 11) is 0. The zero-order valence-electron chi connectivity index (χ0n) is 74.5. The number of hydrogen-bond donors (Lipinski definition) is 0. The number of para-hydroxylation sites is 6. The minimum atomic E-state index is -0.0912. The molecule has 0 atom stereocenters. The van der Waals surface area contributed by atoms with E-state index < -0.39 is 0 Å². The first-order valence-corrected chi connectivity index (χ1v) is 46.2. The Morgan fingerprint density at radius 3 is 0.871 bits per heavy atom. The number of hydrogen-bond acceptors (Lipinski definition) is 2. The van der Waals surface area contributed by atoms with Crippen molar-refractivity contribution in [3.8, 4) is 78.1 Å². The van der Waals surface area contributed by atoms with E-state index in [1.165, 1.54) is 208 Å². The van der Waals surface area contributed by atoms with Crippen LogP contribution in [0.1, 0.15) is 61.1 Å². The molecule has 2 aliphatic carbocycles. The van der Waals surface area contributed by atoms with Gasteiger partial charge >= 0.3 is 0 Å². The molecule has 24 aromatic rings. The number of rotatable bonds is 12. The highest BCUT2D eigenvalue weighted by atomic mass is 15.2. The van der Waals surface area contributed by atoms with Gasteiger partial charge in [-0.15, -0.1) is 0 Å². The van der Waals surface area contributed by atoms with E-state index in [4.69, 9.17) is 0 Å². The summed E-state index contributed by atoms with van der Waals surface area (Å²) in [5.74, 6) is 0. The smallest absolute Gasteiger partial charge is 0.0541 e. The Bertz CT molecular complexity index is 8740. The summed E-state index contributed by atoms with van der Waals surface area (Å²) in [6.07, 6.45) is 0. The Morgan fingerprint density at radius 2 is 0.462 bits per heavy atom. The first-order chi connectivity index (χ1) is 64.9. The van der Waals surface area contributed by atoms with Gasteiger partial charge in [-0.25, -0.2) is 0 Å². The van der Waals surface area contributed by atoms with Gasteiger partial charge in [-0.05, 0) is 278 Å². The molecular formula is C128H92N4. The molecule has 132 heavy (non-hydrogen) atoms. The average molecular weight is 1690 g/mol. The Morgan fingerprint density at radius 1 is 0.182 bits per heavy atom. The molecule has 2 aliphatic rings. The van der Waals surface area contributed by atoms with Gasteiger partial charge in [0.2, 0.25) is 0 Å². The second-order valence-corrected chi connectivity index (χ2v) is 37.0. The van der Waals surface area contributed by atoms with Gasteiger partial charge in [0, 0.05) is 77.3 Å². The fraction of sp³-hybridized carbons (Fsp3) is 0.0625. The summed E-state index contributed by atoms with van der Waals surface area (Å²) in [6, 6.07) is 166. The van der Waals surface area contributed by atoms with Crippen molar-refractivity contribution in [1.82, 2.24) is 9.13 Å². The highest BCUT2D eigenvalue weighted by Crippen LogP contribution is 2.56. The van der Waals surface area contributed by atoms with Crippen molar-refractivity contribution in [3.63, 3.8) is 0 Å². The largest absolute Gasteiger partial charge is 0.310 e. The van der Waals surface area contributed by atoms with Gasteiger partial charge in [-0.1, -0.05) is 366 Å². The molecule has 2 heterocycles. The maximum Gasteiger partial charge on any atom is 0.0541 e. The summed E-state index contributed by atoms with van der Waals surface area (Å²) < 4.78 is 4.77. The van der Waals surface area contributed by atoms with Crippen LogP contribution in [0.25, 0.3) is 186 Å². The highest BCUT2D eigenvalue weighted by molar-refractivity contribution is 6.27. The Labute approximate surface area is 768 Å². The summed E-state index contributed by atoms with van der Waals surface area (Å²) in [6.45, 7) is 13.9. The van der Waals surface area contributed by atoms with E-state index >= 15 is 0 Å². The molecule has 4 heteroatoms. The lowest BCUT2D eigenvalue weighted by atomic mass is 9.80. The van der Waals surface area contributed by atoms with Crippen LogP contribution in [0.3, 0.4) is 0 Å². The van der Waals surface area contributed by atoms with Gasteiger partial charge < -0.3 is 18.9 Å². The predicted molar refractivity (Wildman–Crippen MR) is 562 cm³/mol. The molecule has 0 saturated heterocycles. The molecule has 0 spiro atoms. The molecule has 0 unspecified atom stereocenters. The Hall–Kier alpha value is -16.4. The molecule has 26 rings (SSSR count). The first-order valence-electron chi connectivity index (χ1n) is 46.2. The second-order valence-electron chi connectivity index (χ2n) is 37.0. The third-order valence-electron chi connectivity index (χ3n) is 28.8. The molecule has 624 valence electrons. The zero-order chi connectivity index (χ0) is 88.2. The molecule has 0 saturated carbocycles. The van der Waals surface area contributed by atoms with Gasteiger partial charge in [0.15, 0.2) is 0 Å². The number of fused-ring (bicyclic) bond motifs is 18. The molecule has 0 radical (unpaired) electrons. The second kappa shape index (κ2) is 30.7. The monoisotopic (exact) mass is 1680 g/mol. The van der Waals surface area contributed by atoms with Gasteiger partial charge in [-0.2, -0.15) is 0 Å². The molecule has 0 fully saturated rings. The van der Waals surface area contributed by atoms with Crippen LogP contribution in [0.4, 0.5) is 34.1 Å². The zero-order valence-corrected chi connectivity index (χ0v) is 74.5. The number of nitrogens with zero attached hydrogens (tertiary/aromatic N) is 4. The summed E-state index contributed by atoms with van der Waals surface area (Å²) >= 11 is 0. The lowest BCUT2D eigenvalue weighted by Gasteiger charge is -2.28. The summed E-state index contributed by atoms with van der Waals surface area (Å²) in [5, 5.41) is 20.0. The van der Waals surface area contributed by atoms with Gasteiger partial charge in [0.25, 0.3) is 0 Å². The van der Waals surface area contributed by atoms with Crippen LogP contribution in [0.15, 0.2) is 449 Å². The fourth-order valence-corrected chi connectivity index (χ4v) is 22.8. The van der Waals surface area contributed by atoms with Crippen molar-refractivity contribution >= 4 is 142 Å². The molecule has 0 bridgehead atoms. The fourth-order valence-electron chi connectivity index (χ4n) is 22.8. The topological polar surface area (TPSA) is 16.3 Å². The van der Waals surface area contributed by atoms with Gasteiger partial charge in [0.05, 0.1) is 33.4 Å². The summed E-state index contributed by atoms with van der Waals surface area (Å²) in [5.41, 5.74) is 37.1. The third kappa shape index (κ3) is 12.2. The van der Waals surface area contributed by atoms with Crippen molar-refractivity contribution < 1.29 is 0 Å². The predicted octanol–water partition coefficient (Wildman–Crippen LogP) is 35.3. The van der Waals surface area contributed by atoms with E-state index in [-0.39, 0.29) is 10.8 Å². The maximum atomic E-state index is 2.48. The van der Waals surface area contributed by atoms with E-state index in [1.54, 1.807) is 0 Å². The van der Waals surface area contributed by atoms with E-state index in [1.807, 2.05) is 0 Å². The standard InChI is InChI=1S/2C64H46N2/c1-41-31-37-55-56(39-41)62(42-32-38-48-47-19-9-12-27-57(47)64(2,3)58(48)40-42)53-22-7-8-23-54(53)63(55)52-26-15-25-49-46(52)24-16-30-59(49)65(43-17-5-4-6-18-43)44-33-35-45(36-34-44)66-60-28-13-10-20-50(60)51-21-11-14-29-61(51)66;1-41-31-37-55-56(39-41)63(54-23-8-7-22-53(54)62(55)42-32-38-48-47-19-9-12-27-57(47)64(2,3)58(48)40-42)52-26-15-25-49-46(52)24-16-30-59(49)65(43-17-5-4-6-18-43)44-33-35-45(36-34-44)66-60-28-13-10-20-50(60)51-21-11-14-29-61(51)66/h2*4-40H,1-3H3. The lowest BCUT2D eigenvalue weighted by molar-refractivity contribution is 0.660. The number of anilines is 6. The van der Waals surface area contributed by atoms with E-state index in [0.29, 0.717) is 0 Å². The Kier molecular flexibility index (Phi) is 18.1.